The van der Waals surface area contributed by atoms with Crippen LogP contribution in [0.25, 0.3) is 0 Å². The van der Waals surface area contributed by atoms with Crippen LogP contribution in [0.5, 0.6) is 0 Å². The number of hydrogen-bond acceptors (Lipinski definition) is 4. The molecule has 4 unspecified atom stereocenters. The van der Waals surface area contributed by atoms with Gasteiger partial charge in [-0.3, -0.25) is 9.59 Å². The van der Waals surface area contributed by atoms with Crippen LogP contribution in [0.2, 0.25) is 0 Å². The summed E-state index contributed by atoms with van der Waals surface area (Å²) in [6, 6.07) is 8.52. The highest BCUT2D eigenvalue weighted by Gasteiger charge is 2.27. The number of amides is 1. The van der Waals surface area contributed by atoms with Gasteiger partial charge in [0.15, 0.2) is 0 Å². The molecular weight excluding hydrogens is 340 g/mol. The van der Waals surface area contributed by atoms with Crippen LogP contribution in [-0.2, 0) is 14.3 Å². The van der Waals surface area contributed by atoms with E-state index in [-0.39, 0.29) is 30.4 Å². The molecule has 0 heterocycles. The van der Waals surface area contributed by atoms with Crippen LogP contribution in [0, 0.1) is 11.8 Å². The monoisotopic (exact) mass is 376 g/mol. The van der Waals surface area contributed by atoms with E-state index in [1.807, 2.05) is 30.3 Å². The fourth-order valence-electron chi connectivity index (χ4n) is 3.14. The summed E-state index contributed by atoms with van der Waals surface area (Å²) >= 11 is 0. The number of ether oxygens (including phenoxy) is 1. The van der Waals surface area contributed by atoms with Crippen molar-refractivity contribution < 1.29 is 14.3 Å². The van der Waals surface area contributed by atoms with Crippen molar-refractivity contribution in [2.24, 2.45) is 17.6 Å². The fourth-order valence-corrected chi connectivity index (χ4v) is 3.14. The Hall–Kier alpha value is -1.88. The van der Waals surface area contributed by atoms with E-state index < -0.39 is 6.04 Å². The Morgan fingerprint density at radius 2 is 1.85 bits per heavy atom. The van der Waals surface area contributed by atoms with E-state index in [0.29, 0.717) is 5.92 Å². The lowest BCUT2D eigenvalue weighted by Crippen LogP contribution is -2.42. The molecule has 4 atom stereocenters. The van der Waals surface area contributed by atoms with Crippen LogP contribution in [0.15, 0.2) is 30.3 Å². The molecule has 5 heteroatoms. The largest absolute Gasteiger partial charge is 0.463 e. The van der Waals surface area contributed by atoms with Gasteiger partial charge in [0, 0.05) is 0 Å². The van der Waals surface area contributed by atoms with Gasteiger partial charge in [0.05, 0.1) is 18.0 Å². The first-order valence-corrected chi connectivity index (χ1v) is 10.2. The maximum absolute atomic E-state index is 12.3. The Balaban J connectivity index is 0.00000114. The van der Waals surface area contributed by atoms with E-state index in [0.717, 1.165) is 24.8 Å². The van der Waals surface area contributed by atoms with Crippen molar-refractivity contribution in [2.45, 2.75) is 71.9 Å². The van der Waals surface area contributed by atoms with E-state index in [2.05, 4.69) is 26.1 Å². The SMILES string of the molecule is CC1CCCC(C(=O)OCC(NC(=O)C(C)N)c2ccccc2)C1.CCC. The van der Waals surface area contributed by atoms with Gasteiger partial charge in [0.1, 0.15) is 6.61 Å². The molecule has 0 bridgehead atoms. The zero-order valence-corrected chi connectivity index (χ0v) is 17.2. The molecule has 1 aliphatic carbocycles. The number of nitrogens with one attached hydrogen (secondary N) is 1. The summed E-state index contributed by atoms with van der Waals surface area (Å²) in [6.45, 7) is 8.19. The van der Waals surface area contributed by atoms with Gasteiger partial charge in [-0.25, -0.2) is 0 Å². The van der Waals surface area contributed by atoms with Crippen molar-refractivity contribution >= 4 is 11.9 Å². The normalized spacial score (nSPS) is 21.2. The smallest absolute Gasteiger partial charge is 0.309 e. The van der Waals surface area contributed by atoms with Crippen molar-refractivity contribution in [3.05, 3.63) is 35.9 Å². The summed E-state index contributed by atoms with van der Waals surface area (Å²) in [5.41, 5.74) is 6.53. The third-order valence-electron chi connectivity index (χ3n) is 4.59. The molecule has 0 saturated heterocycles. The van der Waals surface area contributed by atoms with Gasteiger partial charge in [-0.05, 0) is 31.2 Å². The molecule has 1 amide bonds. The first-order chi connectivity index (χ1) is 12.9. The molecular formula is C22H36N2O3. The molecule has 1 aromatic rings. The van der Waals surface area contributed by atoms with Crippen molar-refractivity contribution in [3.63, 3.8) is 0 Å². The zero-order chi connectivity index (χ0) is 20.2. The van der Waals surface area contributed by atoms with Crippen molar-refractivity contribution in [1.82, 2.24) is 5.32 Å². The molecule has 1 fully saturated rings. The maximum Gasteiger partial charge on any atom is 0.309 e. The maximum atomic E-state index is 12.3. The zero-order valence-electron chi connectivity index (χ0n) is 17.2. The van der Waals surface area contributed by atoms with Crippen molar-refractivity contribution in [3.8, 4) is 0 Å². The molecule has 3 N–H and O–H groups in total. The summed E-state index contributed by atoms with van der Waals surface area (Å²) in [5.74, 6) is 0.136. The van der Waals surface area contributed by atoms with Gasteiger partial charge in [-0.2, -0.15) is 0 Å². The molecule has 1 aromatic carbocycles. The molecule has 0 aliphatic heterocycles. The minimum absolute atomic E-state index is 0.0192. The second-order valence-electron chi connectivity index (χ2n) is 7.57. The summed E-state index contributed by atoms with van der Waals surface area (Å²) in [4.78, 5) is 24.3. The van der Waals surface area contributed by atoms with Crippen LogP contribution < -0.4 is 11.1 Å². The van der Waals surface area contributed by atoms with Gasteiger partial charge in [0.25, 0.3) is 0 Å². The topological polar surface area (TPSA) is 81.4 Å². The quantitative estimate of drug-likeness (QED) is 0.736. The molecule has 0 radical (unpaired) electrons. The highest BCUT2D eigenvalue weighted by molar-refractivity contribution is 5.81. The Labute approximate surface area is 164 Å². The van der Waals surface area contributed by atoms with Gasteiger partial charge in [0.2, 0.25) is 5.91 Å². The third-order valence-corrected chi connectivity index (χ3v) is 4.59. The van der Waals surface area contributed by atoms with Gasteiger partial charge < -0.3 is 15.8 Å². The Bertz CT molecular complexity index is 560. The first-order valence-electron chi connectivity index (χ1n) is 10.2. The molecule has 2 rings (SSSR count). The predicted molar refractivity (Wildman–Crippen MR) is 109 cm³/mol. The summed E-state index contributed by atoms with van der Waals surface area (Å²) in [6.07, 6.45) is 5.29. The Kier molecular flexibility index (Phi) is 10.7. The minimum atomic E-state index is -0.605. The van der Waals surface area contributed by atoms with Crippen LogP contribution >= 0.6 is 0 Å². The summed E-state index contributed by atoms with van der Waals surface area (Å²) < 4.78 is 5.53. The standard InChI is InChI=1S/C19H28N2O3.C3H8/c1-13-7-6-10-16(11-13)19(23)24-12-17(21-18(22)14(2)20)15-8-4-3-5-9-15;1-3-2/h3-5,8-9,13-14,16-17H,6-7,10-12,20H2,1-2H3,(H,21,22);3H2,1-2H3. The first kappa shape index (κ1) is 23.2. The van der Waals surface area contributed by atoms with Crippen LogP contribution in [-0.4, -0.2) is 24.5 Å². The van der Waals surface area contributed by atoms with E-state index in [1.54, 1.807) is 6.92 Å². The van der Waals surface area contributed by atoms with Gasteiger partial charge in [-0.1, -0.05) is 70.4 Å². The highest BCUT2D eigenvalue weighted by atomic mass is 16.5. The fraction of sp³-hybridized carbons (Fsp3) is 0.636. The lowest BCUT2D eigenvalue weighted by Gasteiger charge is -2.26. The number of nitrogens with two attached hydrogens (primary N) is 1. The average Bonchev–Trinajstić information content (AvgIpc) is 2.66. The van der Waals surface area contributed by atoms with E-state index in [4.69, 9.17) is 10.5 Å². The number of rotatable bonds is 6. The Morgan fingerprint density at radius 1 is 1.22 bits per heavy atom. The second kappa shape index (κ2) is 12.5. The van der Waals surface area contributed by atoms with Gasteiger partial charge in [-0.15, -0.1) is 0 Å². The van der Waals surface area contributed by atoms with Crippen molar-refractivity contribution in [1.29, 1.82) is 0 Å². The lowest BCUT2D eigenvalue weighted by atomic mass is 9.82. The lowest BCUT2D eigenvalue weighted by molar-refractivity contribution is -0.151. The highest BCUT2D eigenvalue weighted by Crippen LogP contribution is 2.29. The number of benzene rings is 1. The predicted octanol–water partition coefficient (Wildman–Crippen LogP) is 3.98. The van der Waals surface area contributed by atoms with Crippen LogP contribution in [0.4, 0.5) is 0 Å². The van der Waals surface area contributed by atoms with Gasteiger partial charge >= 0.3 is 5.97 Å². The molecule has 0 aromatic heterocycles. The summed E-state index contributed by atoms with van der Waals surface area (Å²) in [5, 5.41) is 2.86. The molecule has 0 spiro atoms. The minimum Gasteiger partial charge on any atom is -0.463 e. The number of esters is 1. The summed E-state index contributed by atoms with van der Waals surface area (Å²) in [7, 11) is 0. The molecule has 1 saturated carbocycles. The molecule has 5 nitrogen and oxygen atoms in total. The molecule has 152 valence electrons. The number of hydrogen-bond donors (Lipinski definition) is 2. The number of carbonyl (C=O) groups excluding carboxylic acids is 2. The second-order valence-corrected chi connectivity index (χ2v) is 7.57. The van der Waals surface area contributed by atoms with Crippen LogP contribution in [0.1, 0.15) is 71.4 Å². The van der Waals surface area contributed by atoms with Crippen LogP contribution in [0.3, 0.4) is 0 Å². The molecule has 27 heavy (non-hydrogen) atoms. The average molecular weight is 377 g/mol. The van der Waals surface area contributed by atoms with E-state index in [1.165, 1.54) is 12.8 Å². The third kappa shape index (κ3) is 8.57. The number of carbonyl (C=O) groups is 2. The van der Waals surface area contributed by atoms with Crippen molar-refractivity contribution in [2.75, 3.05) is 6.61 Å². The molecule has 1 aliphatic rings. The van der Waals surface area contributed by atoms with E-state index in [9.17, 15) is 9.59 Å². The Morgan fingerprint density at radius 3 is 2.41 bits per heavy atom. The van der Waals surface area contributed by atoms with E-state index >= 15 is 0 Å².